The molecule has 0 unspecified atom stereocenters. The number of nitrogens with zero attached hydrogens (tertiary/aromatic N) is 3. The van der Waals surface area contributed by atoms with Gasteiger partial charge in [-0.15, -0.1) is 0 Å². The van der Waals surface area contributed by atoms with Gasteiger partial charge in [0, 0.05) is 30.0 Å². The zero-order valence-corrected chi connectivity index (χ0v) is 13.5. The van der Waals surface area contributed by atoms with Crippen LogP contribution in [0.4, 0.5) is 0 Å². The topological polar surface area (TPSA) is 48.5 Å². The molecule has 1 saturated heterocycles. The van der Waals surface area contributed by atoms with Gasteiger partial charge in [-0.25, -0.2) is 0 Å². The zero-order chi connectivity index (χ0) is 15.5. The third-order valence-electron chi connectivity index (χ3n) is 4.71. The van der Waals surface area contributed by atoms with Gasteiger partial charge in [-0.3, -0.25) is 9.78 Å². The van der Waals surface area contributed by atoms with Gasteiger partial charge in [-0.2, -0.15) is 0 Å². The van der Waals surface area contributed by atoms with Crippen LogP contribution >= 0.6 is 0 Å². The monoisotopic (exact) mass is 290 g/mol. The fourth-order valence-electron chi connectivity index (χ4n) is 2.89. The molecule has 0 atom stereocenters. The van der Waals surface area contributed by atoms with Crippen LogP contribution in [0.15, 0.2) is 18.5 Å². The summed E-state index contributed by atoms with van der Waals surface area (Å²) in [4.78, 5) is 21.0. The molecule has 1 aliphatic heterocycles. The second-order valence-corrected chi connectivity index (χ2v) is 6.30. The van der Waals surface area contributed by atoms with Gasteiger partial charge in [0.05, 0.1) is 0 Å². The largest absolute Gasteiger partial charge is 0.350 e. The summed E-state index contributed by atoms with van der Waals surface area (Å²) in [7, 11) is 6.36. The Balaban J connectivity index is 2.03. The standard InChI is InChI=1S/C16H26N4O/c1-13-11-17-8-5-14(13)15(21)18-12-16(19(2)3)6-9-20(4)10-7-16/h5,8,11H,6-7,9-10,12H2,1-4H3,(H,18,21). The average molecular weight is 290 g/mol. The molecular formula is C16H26N4O. The van der Waals surface area contributed by atoms with Crippen molar-refractivity contribution < 1.29 is 4.79 Å². The molecule has 0 aromatic carbocycles. The molecule has 1 aliphatic rings. The summed E-state index contributed by atoms with van der Waals surface area (Å²) in [5.74, 6) is -0.00458. The number of hydrogen-bond acceptors (Lipinski definition) is 4. The number of likely N-dealkylation sites (N-methyl/N-ethyl adjacent to an activating group) is 1. The normalized spacial score (nSPS) is 18.7. The van der Waals surface area contributed by atoms with Crippen LogP contribution in [0, 0.1) is 6.92 Å². The van der Waals surface area contributed by atoms with Gasteiger partial charge in [0.2, 0.25) is 0 Å². The van der Waals surface area contributed by atoms with Gasteiger partial charge in [-0.1, -0.05) is 0 Å². The minimum Gasteiger partial charge on any atom is -0.350 e. The molecule has 1 N–H and O–H groups in total. The van der Waals surface area contributed by atoms with Crippen molar-refractivity contribution in [1.29, 1.82) is 0 Å². The summed E-state index contributed by atoms with van der Waals surface area (Å²) in [6.07, 6.45) is 5.55. The lowest BCUT2D eigenvalue weighted by Gasteiger charge is -2.45. The zero-order valence-electron chi connectivity index (χ0n) is 13.5. The predicted octanol–water partition coefficient (Wildman–Crippen LogP) is 1.15. The molecule has 0 bridgehead atoms. The highest BCUT2D eigenvalue weighted by Gasteiger charge is 2.36. The van der Waals surface area contributed by atoms with Gasteiger partial charge >= 0.3 is 0 Å². The first-order chi connectivity index (χ1) is 9.94. The third-order valence-corrected chi connectivity index (χ3v) is 4.71. The second kappa shape index (κ2) is 6.54. The summed E-state index contributed by atoms with van der Waals surface area (Å²) < 4.78 is 0. The fraction of sp³-hybridized carbons (Fsp3) is 0.625. The Morgan fingerprint density at radius 2 is 2.10 bits per heavy atom. The fourth-order valence-corrected chi connectivity index (χ4v) is 2.89. The number of amides is 1. The number of pyridine rings is 1. The molecule has 1 fully saturated rings. The molecule has 5 nitrogen and oxygen atoms in total. The quantitative estimate of drug-likeness (QED) is 0.903. The SMILES string of the molecule is Cc1cnccc1C(=O)NCC1(N(C)C)CCN(C)CC1. The van der Waals surface area contributed by atoms with Crippen molar-refractivity contribution in [2.24, 2.45) is 0 Å². The lowest BCUT2D eigenvalue weighted by Crippen LogP contribution is -2.57. The highest BCUT2D eigenvalue weighted by atomic mass is 16.1. The highest BCUT2D eigenvalue weighted by molar-refractivity contribution is 5.95. The molecule has 1 aromatic heterocycles. The van der Waals surface area contributed by atoms with E-state index in [9.17, 15) is 4.79 Å². The van der Waals surface area contributed by atoms with E-state index in [4.69, 9.17) is 0 Å². The number of hydrogen-bond donors (Lipinski definition) is 1. The molecule has 1 amide bonds. The minimum atomic E-state index is -0.00458. The number of piperidine rings is 1. The lowest BCUT2D eigenvalue weighted by molar-refractivity contribution is 0.0611. The van der Waals surface area contributed by atoms with Crippen LogP contribution in [0.25, 0.3) is 0 Å². The summed E-state index contributed by atoms with van der Waals surface area (Å²) >= 11 is 0. The Morgan fingerprint density at radius 1 is 1.43 bits per heavy atom. The maximum Gasteiger partial charge on any atom is 0.251 e. The molecule has 116 valence electrons. The van der Waals surface area contributed by atoms with Gasteiger partial charge in [0.15, 0.2) is 0 Å². The van der Waals surface area contributed by atoms with Gasteiger partial charge in [0.1, 0.15) is 0 Å². The van der Waals surface area contributed by atoms with Crippen LogP contribution in [0.2, 0.25) is 0 Å². The third kappa shape index (κ3) is 3.60. The van der Waals surface area contributed by atoms with E-state index in [1.54, 1.807) is 18.5 Å². The highest BCUT2D eigenvalue weighted by Crippen LogP contribution is 2.26. The maximum absolute atomic E-state index is 12.4. The first-order valence-corrected chi connectivity index (χ1v) is 7.49. The van der Waals surface area contributed by atoms with Crippen LogP contribution in [-0.2, 0) is 0 Å². The van der Waals surface area contributed by atoms with Crippen LogP contribution in [0.1, 0.15) is 28.8 Å². The van der Waals surface area contributed by atoms with E-state index in [0.29, 0.717) is 12.1 Å². The number of aryl methyl sites for hydroxylation is 1. The van der Waals surface area contributed by atoms with Crippen molar-refractivity contribution in [3.8, 4) is 0 Å². The number of carbonyl (C=O) groups excluding carboxylic acids is 1. The van der Waals surface area contributed by atoms with Crippen molar-refractivity contribution in [1.82, 2.24) is 20.1 Å². The number of nitrogens with one attached hydrogen (secondary N) is 1. The Bertz CT molecular complexity index is 493. The summed E-state index contributed by atoms with van der Waals surface area (Å²) in [6, 6.07) is 1.78. The number of carbonyl (C=O) groups is 1. The number of aromatic nitrogens is 1. The number of rotatable bonds is 4. The Labute approximate surface area is 127 Å². The van der Waals surface area contributed by atoms with Crippen molar-refractivity contribution in [2.75, 3.05) is 40.8 Å². The van der Waals surface area contributed by atoms with Crippen LogP contribution in [0.3, 0.4) is 0 Å². The summed E-state index contributed by atoms with van der Waals surface area (Å²) in [6.45, 7) is 4.75. The summed E-state index contributed by atoms with van der Waals surface area (Å²) in [5, 5.41) is 3.12. The van der Waals surface area contributed by atoms with E-state index in [0.717, 1.165) is 31.5 Å². The van der Waals surface area contributed by atoms with Gasteiger partial charge < -0.3 is 15.1 Å². The van der Waals surface area contributed by atoms with Gasteiger partial charge in [-0.05, 0) is 65.6 Å². The van der Waals surface area contributed by atoms with Crippen molar-refractivity contribution >= 4 is 5.91 Å². The van der Waals surface area contributed by atoms with E-state index < -0.39 is 0 Å². The second-order valence-electron chi connectivity index (χ2n) is 6.30. The Morgan fingerprint density at radius 3 is 2.67 bits per heavy atom. The van der Waals surface area contributed by atoms with Crippen LogP contribution in [-0.4, -0.2) is 67.0 Å². The van der Waals surface area contributed by atoms with Crippen molar-refractivity contribution in [2.45, 2.75) is 25.3 Å². The van der Waals surface area contributed by atoms with Crippen molar-refractivity contribution in [3.63, 3.8) is 0 Å². The Kier molecular flexibility index (Phi) is 4.96. The molecule has 0 saturated carbocycles. The smallest absolute Gasteiger partial charge is 0.251 e. The van der Waals surface area contributed by atoms with E-state index in [1.165, 1.54) is 0 Å². The Hall–Kier alpha value is -1.46. The van der Waals surface area contributed by atoms with Gasteiger partial charge in [0.25, 0.3) is 5.91 Å². The molecule has 0 spiro atoms. The predicted molar refractivity (Wildman–Crippen MR) is 84.5 cm³/mol. The molecule has 2 heterocycles. The molecule has 0 aliphatic carbocycles. The number of likely N-dealkylation sites (tertiary alicyclic amines) is 1. The average Bonchev–Trinajstić information content (AvgIpc) is 2.47. The molecular weight excluding hydrogens is 264 g/mol. The maximum atomic E-state index is 12.4. The molecule has 5 heteroatoms. The molecule has 0 radical (unpaired) electrons. The van der Waals surface area contributed by atoms with E-state index in [-0.39, 0.29) is 11.4 Å². The van der Waals surface area contributed by atoms with E-state index >= 15 is 0 Å². The van der Waals surface area contributed by atoms with E-state index in [2.05, 4.69) is 41.2 Å². The van der Waals surface area contributed by atoms with Crippen LogP contribution in [0.5, 0.6) is 0 Å². The lowest BCUT2D eigenvalue weighted by atomic mass is 9.86. The van der Waals surface area contributed by atoms with E-state index in [1.807, 2.05) is 6.92 Å². The molecule has 21 heavy (non-hydrogen) atoms. The van der Waals surface area contributed by atoms with Crippen LogP contribution < -0.4 is 5.32 Å². The first kappa shape index (κ1) is 15.9. The molecule has 2 rings (SSSR count). The minimum absolute atomic E-state index is 0.00458. The molecule has 1 aromatic rings. The summed E-state index contributed by atoms with van der Waals surface area (Å²) in [5.41, 5.74) is 1.69. The van der Waals surface area contributed by atoms with Crippen molar-refractivity contribution in [3.05, 3.63) is 29.6 Å². The first-order valence-electron chi connectivity index (χ1n) is 7.49.